The van der Waals surface area contributed by atoms with Gasteiger partial charge in [0.15, 0.2) is 15.9 Å². The summed E-state index contributed by atoms with van der Waals surface area (Å²) in [6, 6.07) is 6.94. The van der Waals surface area contributed by atoms with Gasteiger partial charge in [-0.3, -0.25) is 4.79 Å². The maximum Gasteiger partial charge on any atom is 0.280 e. The zero-order valence-electron chi connectivity index (χ0n) is 16.1. The number of likely N-dealkylation sites (N-methyl/N-ethyl adjacent to an activating group) is 1. The van der Waals surface area contributed by atoms with Crippen molar-refractivity contribution in [1.29, 1.82) is 0 Å². The summed E-state index contributed by atoms with van der Waals surface area (Å²) >= 11 is 0. The summed E-state index contributed by atoms with van der Waals surface area (Å²) < 4.78 is 23.6. The molecule has 0 aromatic heterocycles. The lowest BCUT2D eigenvalue weighted by Crippen LogP contribution is -3.19. The van der Waals surface area contributed by atoms with Crippen molar-refractivity contribution < 1.29 is 23.2 Å². The van der Waals surface area contributed by atoms with Crippen LogP contribution in [0.5, 0.6) is 5.75 Å². The van der Waals surface area contributed by atoms with Crippen LogP contribution in [0.1, 0.15) is 20.3 Å². The first kappa shape index (κ1) is 19.9. The van der Waals surface area contributed by atoms with E-state index in [1.807, 2.05) is 32.0 Å². The zero-order chi connectivity index (χ0) is 19.6. The van der Waals surface area contributed by atoms with E-state index >= 15 is 0 Å². The molecule has 1 aromatic rings. The lowest BCUT2D eigenvalue weighted by atomic mass is 10.1. The van der Waals surface area contributed by atoms with E-state index in [0.29, 0.717) is 13.0 Å². The van der Waals surface area contributed by atoms with Gasteiger partial charge in [-0.2, -0.15) is 0 Å². The van der Waals surface area contributed by atoms with Gasteiger partial charge in [0.2, 0.25) is 0 Å². The summed E-state index contributed by atoms with van der Waals surface area (Å²) in [6.07, 6.45) is 0.547. The average molecular weight is 397 g/mol. The summed E-state index contributed by atoms with van der Waals surface area (Å²) in [7, 11) is -3.01. The number of sulfone groups is 1. The smallest absolute Gasteiger partial charge is 0.280 e. The van der Waals surface area contributed by atoms with Crippen LogP contribution < -0.4 is 9.80 Å². The Kier molecular flexibility index (Phi) is 5.95. The number of quaternary nitrogens is 1. The fraction of sp³-hybridized carbons (Fsp3) is 0.632. The van der Waals surface area contributed by atoms with Gasteiger partial charge in [-0.15, -0.1) is 0 Å². The van der Waals surface area contributed by atoms with Crippen molar-refractivity contribution in [2.45, 2.75) is 32.4 Å². The lowest BCUT2D eigenvalue weighted by molar-refractivity contribution is -0.915. The van der Waals surface area contributed by atoms with Crippen molar-refractivity contribution in [2.24, 2.45) is 0 Å². The van der Waals surface area contributed by atoms with Gasteiger partial charge in [-0.25, -0.2) is 8.42 Å². The highest BCUT2D eigenvalue weighted by molar-refractivity contribution is 7.91. The van der Waals surface area contributed by atoms with Crippen LogP contribution in [-0.4, -0.2) is 80.6 Å². The molecule has 8 heteroatoms. The van der Waals surface area contributed by atoms with E-state index in [2.05, 4.69) is 4.90 Å². The standard InChI is InChI=1S/C19H29N3O4S/c1-3-22(16-8-13-27(25,26)14-16)19(24)15(2)20-9-11-21(12-10-20)17-6-4-5-7-18(17)23/h4-7,15-16,23H,3,8-14H2,1-2H3/p+1/t15-,16+/m1/s1. The first-order chi connectivity index (χ1) is 12.8. The molecule has 2 saturated heterocycles. The second-order valence-corrected chi connectivity index (χ2v) is 9.77. The van der Waals surface area contributed by atoms with Gasteiger partial charge >= 0.3 is 0 Å². The van der Waals surface area contributed by atoms with Crippen molar-refractivity contribution in [3.63, 3.8) is 0 Å². The van der Waals surface area contributed by atoms with Crippen molar-refractivity contribution in [1.82, 2.24) is 4.90 Å². The monoisotopic (exact) mass is 396 g/mol. The molecule has 2 N–H and O–H groups in total. The summed E-state index contributed by atoms with van der Waals surface area (Å²) in [4.78, 5) is 18.2. The maximum absolute atomic E-state index is 13.0. The van der Waals surface area contributed by atoms with E-state index in [9.17, 15) is 18.3 Å². The number of para-hydroxylation sites is 2. The van der Waals surface area contributed by atoms with Gasteiger partial charge in [0.1, 0.15) is 5.75 Å². The molecular formula is C19H30N3O4S+. The number of carbonyl (C=O) groups is 1. The number of carbonyl (C=O) groups excluding carboxylic acids is 1. The summed E-state index contributed by atoms with van der Waals surface area (Å²) in [6.45, 7) is 7.56. The van der Waals surface area contributed by atoms with E-state index < -0.39 is 9.84 Å². The summed E-state index contributed by atoms with van der Waals surface area (Å²) in [5.41, 5.74) is 0.835. The molecule has 0 bridgehead atoms. The molecule has 0 aliphatic carbocycles. The van der Waals surface area contributed by atoms with E-state index in [4.69, 9.17) is 0 Å². The van der Waals surface area contributed by atoms with E-state index in [1.165, 1.54) is 4.90 Å². The number of amides is 1. The first-order valence-electron chi connectivity index (χ1n) is 9.71. The van der Waals surface area contributed by atoms with Crippen LogP contribution in [0, 0.1) is 0 Å². The van der Waals surface area contributed by atoms with E-state index in [0.717, 1.165) is 31.9 Å². The second kappa shape index (κ2) is 8.06. The highest BCUT2D eigenvalue weighted by Crippen LogP contribution is 2.26. The molecule has 3 rings (SSSR count). The molecule has 27 heavy (non-hydrogen) atoms. The number of nitrogens with one attached hydrogen (secondary N) is 1. The topological polar surface area (TPSA) is 82.4 Å². The van der Waals surface area contributed by atoms with Crippen molar-refractivity contribution in [2.75, 3.05) is 49.1 Å². The van der Waals surface area contributed by atoms with Crippen molar-refractivity contribution >= 4 is 21.4 Å². The van der Waals surface area contributed by atoms with Crippen LogP contribution in [0.25, 0.3) is 0 Å². The third-order valence-electron chi connectivity index (χ3n) is 5.88. The fourth-order valence-electron chi connectivity index (χ4n) is 4.24. The van der Waals surface area contributed by atoms with Crippen molar-refractivity contribution in [3.05, 3.63) is 24.3 Å². The van der Waals surface area contributed by atoms with E-state index in [1.54, 1.807) is 11.0 Å². The highest BCUT2D eigenvalue weighted by atomic mass is 32.2. The average Bonchev–Trinajstić information content (AvgIpc) is 3.01. The number of hydrogen-bond donors (Lipinski definition) is 2. The molecule has 150 valence electrons. The number of phenols is 1. The molecule has 2 atom stereocenters. The molecule has 0 radical (unpaired) electrons. The van der Waals surface area contributed by atoms with Crippen LogP contribution in [-0.2, 0) is 14.6 Å². The quantitative estimate of drug-likeness (QED) is 0.703. The summed E-state index contributed by atoms with van der Waals surface area (Å²) in [5, 5.41) is 10.0. The third-order valence-corrected chi connectivity index (χ3v) is 7.63. The predicted octanol–water partition coefficient (Wildman–Crippen LogP) is -0.479. The normalized spacial score (nSPS) is 23.9. The van der Waals surface area contributed by atoms with Crippen LogP contribution in [0.3, 0.4) is 0 Å². The molecule has 0 spiro atoms. The maximum atomic E-state index is 13.0. The second-order valence-electron chi connectivity index (χ2n) is 7.54. The Bertz CT molecular complexity index is 775. The lowest BCUT2D eigenvalue weighted by Gasteiger charge is -2.38. The van der Waals surface area contributed by atoms with Crippen LogP contribution in [0.2, 0.25) is 0 Å². The Morgan fingerprint density at radius 2 is 2.00 bits per heavy atom. The molecular weight excluding hydrogens is 366 g/mol. The van der Waals surface area contributed by atoms with Gasteiger partial charge in [0, 0.05) is 12.6 Å². The number of phenolic OH excluding ortho intramolecular Hbond substituents is 1. The van der Waals surface area contributed by atoms with Crippen LogP contribution >= 0.6 is 0 Å². The Hall–Kier alpha value is -1.80. The zero-order valence-corrected chi connectivity index (χ0v) is 16.9. The Balaban J connectivity index is 1.60. The number of nitrogens with zero attached hydrogens (tertiary/aromatic N) is 2. The van der Waals surface area contributed by atoms with E-state index in [-0.39, 0.29) is 35.2 Å². The number of hydrogen-bond acceptors (Lipinski definition) is 5. The molecule has 1 aromatic carbocycles. The molecule has 2 fully saturated rings. The van der Waals surface area contributed by atoms with Crippen LogP contribution in [0.15, 0.2) is 24.3 Å². The SMILES string of the molecule is CCN(C(=O)[C@@H](C)[NH+]1CCN(c2ccccc2O)CC1)[C@H]1CCS(=O)(=O)C1. The number of aromatic hydroxyl groups is 1. The Labute approximate surface area is 161 Å². The van der Waals surface area contributed by atoms with Crippen LogP contribution in [0.4, 0.5) is 5.69 Å². The minimum Gasteiger partial charge on any atom is -0.506 e. The van der Waals surface area contributed by atoms with Gasteiger partial charge in [-0.1, -0.05) is 12.1 Å². The Morgan fingerprint density at radius 1 is 1.33 bits per heavy atom. The van der Waals surface area contributed by atoms with Gasteiger partial charge in [0.05, 0.1) is 43.4 Å². The molecule has 2 aliphatic rings. The first-order valence-corrected chi connectivity index (χ1v) is 11.5. The molecule has 0 unspecified atom stereocenters. The molecule has 1 amide bonds. The van der Waals surface area contributed by atoms with Gasteiger partial charge in [-0.05, 0) is 32.4 Å². The largest absolute Gasteiger partial charge is 0.506 e. The number of anilines is 1. The molecule has 2 aliphatic heterocycles. The minimum atomic E-state index is -3.01. The number of benzene rings is 1. The number of rotatable bonds is 5. The third kappa shape index (κ3) is 4.38. The molecule has 2 heterocycles. The van der Waals surface area contributed by atoms with Gasteiger partial charge in [0.25, 0.3) is 5.91 Å². The minimum absolute atomic E-state index is 0.0469. The summed E-state index contributed by atoms with van der Waals surface area (Å²) in [5.74, 6) is 0.604. The predicted molar refractivity (Wildman–Crippen MR) is 105 cm³/mol. The molecule has 7 nitrogen and oxygen atoms in total. The highest BCUT2D eigenvalue weighted by Gasteiger charge is 2.38. The number of piperazine rings is 1. The Morgan fingerprint density at radius 3 is 2.56 bits per heavy atom. The fourth-order valence-corrected chi connectivity index (χ4v) is 5.97. The van der Waals surface area contributed by atoms with Crippen molar-refractivity contribution in [3.8, 4) is 5.75 Å². The van der Waals surface area contributed by atoms with Gasteiger partial charge < -0.3 is 19.8 Å². The molecule has 0 saturated carbocycles.